The van der Waals surface area contributed by atoms with E-state index in [-0.39, 0.29) is 35.7 Å². The van der Waals surface area contributed by atoms with Crippen LogP contribution in [-0.4, -0.2) is 29.1 Å². The van der Waals surface area contributed by atoms with E-state index in [2.05, 4.69) is 16.0 Å². The van der Waals surface area contributed by atoms with Crippen LogP contribution in [0.4, 0.5) is 31.9 Å². The molecule has 3 N–H and O–H groups in total. The Balaban J connectivity index is 1.99. The van der Waals surface area contributed by atoms with Crippen molar-refractivity contribution in [1.29, 1.82) is 0 Å². The molecule has 0 aliphatic carbocycles. The van der Waals surface area contributed by atoms with Gasteiger partial charge >= 0.3 is 6.09 Å². The lowest BCUT2D eigenvalue weighted by molar-refractivity contribution is -0.384. The van der Waals surface area contributed by atoms with Crippen molar-refractivity contribution in [2.75, 3.05) is 22.5 Å². The van der Waals surface area contributed by atoms with Crippen LogP contribution in [0.2, 0.25) is 0 Å². The molecular weight excluding hydrogens is 395 g/mol. The van der Waals surface area contributed by atoms with E-state index < -0.39 is 28.3 Å². The average Bonchev–Trinajstić information content (AvgIpc) is 2.62. The van der Waals surface area contributed by atoms with Crippen LogP contribution < -0.4 is 16.0 Å². The number of nitrogens with one attached hydrogen (secondary N) is 3. The molecule has 2 rings (SSSR count). The molecule has 160 valence electrons. The first-order valence-corrected chi connectivity index (χ1v) is 9.12. The van der Waals surface area contributed by atoms with Crippen molar-refractivity contribution in [3.8, 4) is 0 Å². The molecule has 2 aromatic carbocycles. The maximum atomic E-state index is 13.6. The second kappa shape index (κ2) is 9.68. The molecule has 0 spiro atoms. The fourth-order valence-electron chi connectivity index (χ4n) is 2.45. The maximum absolute atomic E-state index is 13.6. The zero-order valence-corrected chi connectivity index (χ0v) is 16.8. The molecule has 0 saturated heterocycles. The Labute approximate surface area is 172 Å². The normalized spacial score (nSPS) is 10.8. The smallest absolute Gasteiger partial charge is 0.412 e. The highest BCUT2D eigenvalue weighted by molar-refractivity contribution is 5.98. The first-order valence-electron chi connectivity index (χ1n) is 9.12. The summed E-state index contributed by atoms with van der Waals surface area (Å²) >= 11 is 0. The van der Waals surface area contributed by atoms with Gasteiger partial charge in [0.2, 0.25) is 5.91 Å². The molecule has 0 radical (unpaired) electrons. The SMILES string of the molecule is CC(C)(C)OC(=O)Nc1ccc(F)cc1NC(=O)CCNc1ccccc1[N+](=O)[O-]. The van der Waals surface area contributed by atoms with Crippen LogP contribution in [0.15, 0.2) is 42.5 Å². The minimum atomic E-state index is -0.748. The zero-order chi connectivity index (χ0) is 22.3. The van der Waals surface area contributed by atoms with E-state index in [0.29, 0.717) is 0 Å². The van der Waals surface area contributed by atoms with Gasteiger partial charge in [0.15, 0.2) is 0 Å². The molecule has 0 aliphatic rings. The molecule has 0 saturated carbocycles. The third kappa shape index (κ3) is 7.04. The summed E-state index contributed by atoms with van der Waals surface area (Å²) in [4.78, 5) is 34.7. The Morgan fingerprint density at radius 2 is 1.77 bits per heavy atom. The van der Waals surface area contributed by atoms with Crippen molar-refractivity contribution in [3.63, 3.8) is 0 Å². The molecular formula is C20H23FN4O5. The van der Waals surface area contributed by atoms with Crippen molar-refractivity contribution in [3.05, 3.63) is 58.4 Å². The summed E-state index contributed by atoms with van der Waals surface area (Å²) in [5.74, 6) is -1.07. The summed E-state index contributed by atoms with van der Waals surface area (Å²) in [5.41, 5.74) is -0.304. The highest BCUT2D eigenvalue weighted by atomic mass is 19.1. The van der Waals surface area contributed by atoms with E-state index in [9.17, 15) is 24.1 Å². The van der Waals surface area contributed by atoms with Gasteiger partial charge in [-0.2, -0.15) is 0 Å². The minimum absolute atomic E-state index is 0.0472. The van der Waals surface area contributed by atoms with E-state index in [0.717, 1.165) is 12.1 Å². The van der Waals surface area contributed by atoms with Crippen molar-refractivity contribution < 1.29 is 23.6 Å². The highest BCUT2D eigenvalue weighted by Crippen LogP contribution is 2.25. The molecule has 0 aliphatic heterocycles. The van der Waals surface area contributed by atoms with Crippen LogP contribution in [0.25, 0.3) is 0 Å². The number of nitro groups is 1. The zero-order valence-electron chi connectivity index (χ0n) is 16.8. The fraction of sp³-hybridized carbons (Fsp3) is 0.300. The summed E-state index contributed by atoms with van der Waals surface area (Å²) < 4.78 is 18.8. The average molecular weight is 418 g/mol. The third-order valence-corrected chi connectivity index (χ3v) is 3.66. The molecule has 0 bridgehead atoms. The van der Waals surface area contributed by atoms with Gasteiger partial charge in [0.1, 0.15) is 17.1 Å². The number of carbonyl (C=O) groups is 2. The van der Waals surface area contributed by atoms with Gasteiger partial charge in [0, 0.05) is 19.0 Å². The highest BCUT2D eigenvalue weighted by Gasteiger charge is 2.18. The van der Waals surface area contributed by atoms with Crippen molar-refractivity contribution >= 4 is 34.7 Å². The van der Waals surface area contributed by atoms with Gasteiger partial charge in [-0.25, -0.2) is 9.18 Å². The molecule has 30 heavy (non-hydrogen) atoms. The Kier molecular flexibility index (Phi) is 7.29. The molecule has 9 nitrogen and oxygen atoms in total. The van der Waals surface area contributed by atoms with Crippen LogP contribution in [0.1, 0.15) is 27.2 Å². The number of ether oxygens (including phenoxy) is 1. The van der Waals surface area contributed by atoms with E-state index in [1.807, 2.05) is 0 Å². The molecule has 10 heteroatoms. The lowest BCUT2D eigenvalue weighted by Gasteiger charge is -2.20. The van der Waals surface area contributed by atoms with E-state index in [4.69, 9.17) is 4.74 Å². The van der Waals surface area contributed by atoms with Gasteiger partial charge in [-0.3, -0.25) is 20.2 Å². The molecule has 0 atom stereocenters. The number of anilines is 3. The lowest BCUT2D eigenvalue weighted by atomic mass is 10.2. The number of amides is 2. The van der Waals surface area contributed by atoms with Crippen LogP contribution in [0.5, 0.6) is 0 Å². The summed E-state index contributed by atoms with van der Waals surface area (Å²) in [7, 11) is 0. The Morgan fingerprint density at radius 3 is 2.43 bits per heavy atom. The number of halogens is 1. The topological polar surface area (TPSA) is 123 Å². The van der Waals surface area contributed by atoms with Crippen molar-refractivity contribution in [2.45, 2.75) is 32.8 Å². The fourth-order valence-corrected chi connectivity index (χ4v) is 2.45. The van der Waals surface area contributed by atoms with Gasteiger partial charge in [0.05, 0.1) is 16.3 Å². The van der Waals surface area contributed by atoms with Crippen LogP contribution in [0, 0.1) is 15.9 Å². The molecule has 0 unspecified atom stereocenters. The first-order chi connectivity index (χ1) is 14.0. The predicted molar refractivity (Wildman–Crippen MR) is 111 cm³/mol. The number of nitrogens with zero attached hydrogens (tertiary/aromatic N) is 1. The monoisotopic (exact) mass is 418 g/mol. The maximum Gasteiger partial charge on any atom is 0.412 e. The van der Waals surface area contributed by atoms with Gasteiger partial charge in [-0.05, 0) is 45.0 Å². The van der Waals surface area contributed by atoms with Crippen LogP contribution >= 0.6 is 0 Å². The first kappa shape index (κ1) is 22.6. The number of hydrogen-bond acceptors (Lipinski definition) is 6. The largest absolute Gasteiger partial charge is 0.444 e. The van der Waals surface area contributed by atoms with Crippen molar-refractivity contribution in [2.24, 2.45) is 0 Å². The third-order valence-electron chi connectivity index (χ3n) is 3.66. The number of carbonyl (C=O) groups excluding carboxylic acids is 2. The number of para-hydroxylation sites is 2. The van der Waals surface area contributed by atoms with Crippen LogP contribution in [0.3, 0.4) is 0 Å². The van der Waals surface area contributed by atoms with E-state index >= 15 is 0 Å². The van der Waals surface area contributed by atoms with E-state index in [1.165, 1.54) is 18.2 Å². The second-order valence-corrected chi connectivity index (χ2v) is 7.32. The predicted octanol–water partition coefficient (Wildman–Crippen LogP) is 4.52. The summed E-state index contributed by atoms with van der Waals surface area (Å²) in [6.45, 7) is 5.21. The number of hydrogen-bond donors (Lipinski definition) is 3. The summed E-state index contributed by atoms with van der Waals surface area (Å²) in [6.07, 6.45) is -0.795. The van der Waals surface area contributed by atoms with Crippen LogP contribution in [-0.2, 0) is 9.53 Å². The Morgan fingerprint density at radius 1 is 1.07 bits per heavy atom. The van der Waals surface area contributed by atoms with Gasteiger partial charge in [-0.1, -0.05) is 12.1 Å². The van der Waals surface area contributed by atoms with Gasteiger partial charge in [0.25, 0.3) is 5.69 Å². The summed E-state index contributed by atoms with van der Waals surface area (Å²) in [6, 6.07) is 9.57. The van der Waals surface area contributed by atoms with E-state index in [1.54, 1.807) is 32.9 Å². The number of rotatable bonds is 7. The number of nitro benzene ring substituents is 1. The molecule has 2 aromatic rings. The van der Waals surface area contributed by atoms with Crippen molar-refractivity contribution in [1.82, 2.24) is 0 Å². The molecule has 0 aromatic heterocycles. The Hall–Kier alpha value is -3.69. The molecule has 0 fully saturated rings. The number of benzene rings is 2. The quantitative estimate of drug-likeness (QED) is 0.449. The second-order valence-electron chi connectivity index (χ2n) is 7.32. The molecule has 2 amide bonds. The van der Waals surface area contributed by atoms with Gasteiger partial charge in [-0.15, -0.1) is 0 Å². The summed E-state index contributed by atoms with van der Waals surface area (Å²) in [5, 5.41) is 18.8. The lowest BCUT2D eigenvalue weighted by Crippen LogP contribution is -2.27. The Bertz CT molecular complexity index is 943. The molecule has 0 heterocycles. The van der Waals surface area contributed by atoms with Gasteiger partial charge < -0.3 is 15.4 Å². The minimum Gasteiger partial charge on any atom is -0.444 e. The standard InChI is InChI=1S/C20H23FN4O5/c1-20(2,3)30-19(27)24-14-9-8-13(21)12-16(14)23-18(26)10-11-22-15-6-4-5-7-17(15)25(28)29/h4-9,12,22H,10-11H2,1-3H3,(H,23,26)(H,24,27).